The third-order valence-electron chi connectivity index (χ3n) is 4.74. The molecule has 0 saturated carbocycles. The van der Waals surface area contributed by atoms with E-state index in [0.717, 1.165) is 32.6 Å². The first kappa shape index (κ1) is 21.1. The summed E-state index contributed by atoms with van der Waals surface area (Å²) in [7, 11) is 1.34. The number of hydrogen-bond donors (Lipinski definition) is 2. The number of nitrogens with one attached hydrogen (secondary N) is 2. The summed E-state index contributed by atoms with van der Waals surface area (Å²) in [5.41, 5.74) is 5.02. The zero-order valence-electron chi connectivity index (χ0n) is 17.3. The lowest BCUT2D eigenvalue weighted by Gasteiger charge is -2.08. The number of imidazole rings is 1. The fourth-order valence-corrected chi connectivity index (χ4v) is 5.11. The molecule has 0 aliphatic carbocycles. The summed E-state index contributed by atoms with van der Waals surface area (Å²) in [5.74, 6) is -0.525. The van der Waals surface area contributed by atoms with Crippen LogP contribution >= 0.6 is 23.1 Å². The Balaban J connectivity index is 1.54. The molecule has 0 aliphatic heterocycles. The molecule has 0 bridgehead atoms. The SMILES string of the molecule is COC(=O)c1c(NC(=O)CSc2nc3ccc(C)cc3[nH]2)sc(C)c1-c1ccccc1. The largest absolute Gasteiger partial charge is 0.465 e. The first-order chi connectivity index (χ1) is 15.0. The summed E-state index contributed by atoms with van der Waals surface area (Å²) < 4.78 is 5.00. The lowest BCUT2D eigenvalue weighted by atomic mass is 10.0. The summed E-state index contributed by atoms with van der Waals surface area (Å²) in [6.07, 6.45) is 0. The van der Waals surface area contributed by atoms with Crippen molar-refractivity contribution >= 4 is 51.0 Å². The second-order valence-corrected chi connectivity index (χ2v) is 9.18. The predicted molar refractivity (Wildman–Crippen MR) is 126 cm³/mol. The van der Waals surface area contributed by atoms with Crippen molar-refractivity contribution in [2.75, 3.05) is 18.2 Å². The Bertz CT molecular complexity index is 1260. The molecule has 0 spiro atoms. The molecule has 4 rings (SSSR count). The molecule has 0 radical (unpaired) electrons. The van der Waals surface area contributed by atoms with Gasteiger partial charge in [0.15, 0.2) is 5.16 Å². The third kappa shape index (κ3) is 4.50. The second-order valence-electron chi connectivity index (χ2n) is 6.99. The maximum atomic E-state index is 12.7. The van der Waals surface area contributed by atoms with E-state index in [1.807, 2.05) is 62.4 Å². The number of ether oxygens (including phenoxy) is 1. The van der Waals surface area contributed by atoms with Crippen LogP contribution in [0.1, 0.15) is 20.8 Å². The zero-order valence-corrected chi connectivity index (χ0v) is 18.9. The number of carbonyl (C=O) groups excluding carboxylic acids is 2. The Kier molecular flexibility index (Phi) is 6.11. The van der Waals surface area contributed by atoms with Gasteiger partial charge in [-0.05, 0) is 37.1 Å². The number of methoxy groups -OCH3 is 1. The summed E-state index contributed by atoms with van der Waals surface area (Å²) in [6.45, 7) is 3.95. The van der Waals surface area contributed by atoms with Gasteiger partial charge in [-0.3, -0.25) is 4.79 Å². The van der Waals surface area contributed by atoms with E-state index >= 15 is 0 Å². The molecule has 1 amide bonds. The average Bonchev–Trinajstić information content (AvgIpc) is 3.31. The van der Waals surface area contributed by atoms with E-state index in [9.17, 15) is 9.59 Å². The number of amides is 1. The highest BCUT2D eigenvalue weighted by Gasteiger charge is 2.25. The summed E-state index contributed by atoms with van der Waals surface area (Å²) >= 11 is 2.69. The predicted octanol–water partition coefficient (Wildman–Crippen LogP) is 5.43. The standard InChI is InChI=1S/C23H21N3O3S2/c1-13-9-10-16-17(11-13)25-23(24-16)30-12-18(27)26-21-20(22(28)29-3)19(14(2)31-21)15-7-5-4-6-8-15/h4-11H,12H2,1-3H3,(H,24,25)(H,26,27). The monoisotopic (exact) mass is 451 g/mol. The zero-order chi connectivity index (χ0) is 22.0. The summed E-state index contributed by atoms with van der Waals surface area (Å²) in [4.78, 5) is 33.9. The molecule has 2 aromatic carbocycles. The smallest absolute Gasteiger partial charge is 0.341 e. The second kappa shape index (κ2) is 8.95. The number of nitrogens with zero attached hydrogens (tertiary/aromatic N) is 1. The first-order valence-corrected chi connectivity index (χ1v) is 11.4. The number of thiophene rings is 1. The van der Waals surface area contributed by atoms with Gasteiger partial charge in [0.25, 0.3) is 0 Å². The number of rotatable bonds is 6. The van der Waals surface area contributed by atoms with Gasteiger partial charge in [-0.15, -0.1) is 11.3 Å². The summed E-state index contributed by atoms with van der Waals surface area (Å²) in [6, 6.07) is 15.6. The Morgan fingerprint density at radius 2 is 1.94 bits per heavy atom. The molecule has 0 unspecified atom stereocenters. The molecule has 2 N–H and O–H groups in total. The molecular weight excluding hydrogens is 430 g/mol. The average molecular weight is 452 g/mol. The molecule has 6 nitrogen and oxygen atoms in total. The number of aromatic amines is 1. The lowest BCUT2D eigenvalue weighted by Crippen LogP contribution is -2.16. The van der Waals surface area contributed by atoms with Gasteiger partial charge in [0.2, 0.25) is 5.91 Å². The minimum atomic E-state index is -0.473. The highest BCUT2D eigenvalue weighted by molar-refractivity contribution is 7.99. The van der Waals surface area contributed by atoms with Crippen molar-refractivity contribution in [3.05, 3.63) is 64.5 Å². The number of aryl methyl sites for hydroxylation is 2. The van der Waals surface area contributed by atoms with Crippen LogP contribution in [-0.2, 0) is 9.53 Å². The third-order valence-corrected chi connectivity index (χ3v) is 6.64. The highest BCUT2D eigenvalue weighted by Crippen LogP contribution is 2.40. The van der Waals surface area contributed by atoms with Crippen molar-refractivity contribution < 1.29 is 14.3 Å². The van der Waals surface area contributed by atoms with Crippen LogP contribution in [0.3, 0.4) is 0 Å². The van der Waals surface area contributed by atoms with E-state index in [4.69, 9.17) is 4.74 Å². The molecule has 0 fully saturated rings. The van der Waals surface area contributed by atoms with Crippen LogP contribution in [0.25, 0.3) is 22.2 Å². The van der Waals surface area contributed by atoms with Crippen LogP contribution in [0.2, 0.25) is 0 Å². The van der Waals surface area contributed by atoms with Gasteiger partial charge in [0, 0.05) is 10.4 Å². The number of thioether (sulfide) groups is 1. The van der Waals surface area contributed by atoms with Gasteiger partial charge in [0.05, 0.1) is 23.9 Å². The molecular formula is C23H21N3O3S2. The fraction of sp³-hybridized carbons (Fsp3) is 0.174. The Morgan fingerprint density at radius 3 is 2.68 bits per heavy atom. The molecule has 158 valence electrons. The van der Waals surface area contributed by atoms with E-state index in [1.165, 1.54) is 30.2 Å². The molecule has 0 saturated heterocycles. The van der Waals surface area contributed by atoms with Crippen molar-refractivity contribution in [1.82, 2.24) is 9.97 Å². The summed E-state index contributed by atoms with van der Waals surface area (Å²) in [5, 5.41) is 4.06. The van der Waals surface area contributed by atoms with Crippen molar-refractivity contribution in [2.24, 2.45) is 0 Å². The van der Waals surface area contributed by atoms with Gasteiger partial charge in [-0.25, -0.2) is 9.78 Å². The number of anilines is 1. The quantitative estimate of drug-likeness (QED) is 0.302. The normalized spacial score (nSPS) is 10.9. The number of carbonyl (C=O) groups is 2. The lowest BCUT2D eigenvalue weighted by molar-refractivity contribution is -0.113. The van der Waals surface area contributed by atoms with E-state index in [1.54, 1.807) is 0 Å². The van der Waals surface area contributed by atoms with Crippen LogP contribution in [-0.4, -0.2) is 34.7 Å². The Labute approximate surface area is 188 Å². The number of esters is 1. The van der Waals surface area contributed by atoms with Crippen molar-refractivity contribution in [1.29, 1.82) is 0 Å². The fourth-order valence-electron chi connectivity index (χ4n) is 3.35. The van der Waals surface area contributed by atoms with E-state index in [2.05, 4.69) is 15.3 Å². The minimum Gasteiger partial charge on any atom is -0.465 e. The van der Waals surface area contributed by atoms with Crippen LogP contribution < -0.4 is 5.32 Å². The molecule has 8 heteroatoms. The number of fused-ring (bicyclic) bond motifs is 1. The van der Waals surface area contributed by atoms with Gasteiger partial charge in [-0.2, -0.15) is 0 Å². The van der Waals surface area contributed by atoms with Crippen molar-refractivity contribution in [2.45, 2.75) is 19.0 Å². The Hall–Kier alpha value is -3.10. The Morgan fingerprint density at radius 1 is 1.16 bits per heavy atom. The van der Waals surface area contributed by atoms with E-state index in [0.29, 0.717) is 15.7 Å². The maximum Gasteiger partial charge on any atom is 0.341 e. The van der Waals surface area contributed by atoms with Gasteiger partial charge in [0.1, 0.15) is 10.6 Å². The van der Waals surface area contributed by atoms with E-state index in [-0.39, 0.29) is 11.7 Å². The number of H-pyrrole nitrogens is 1. The first-order valence-electron chi connectivity index (χ1n) is 9.62. The van der Waals surface area contributed by atoms with Gasteiger partial charge >= 0.3 is 5.97 Å². The number of benzene rings is 2. The number of aromatic nitrogens is 2. The minimum absolute atomic E-state index is 0.164. The number of hydrogen-bond acceptors (Lipinski definition) is 6. The molecule has 31 heavy (non-hydrogen) atoms. The molecule has 2 aromatic heterocycles. The molecule has 0 atom stereocenters. The molecule has 4 aromatic rings. The van der Waals surface area contributed by atoms with Crippen molar-refractivity contribution in [3.63, 3.8) is 0 Å². The van der Waals surface area contributed by atoms with Crippen LogP contribution in [0.4, 0.5) is 5.00 Å². The maximum absolute atomic E-state index is 12.7. The molecule has 0 aliphatic rings. The van der Waals surface area contributed by atoms with Crippen LogP contribution in [0.5, 0.6) is 0 Å². The van der Waals surface area contributed by atoms with Crippen LogP contribution in [0, 0.1) is 13.8 Å². The van der Waals surface area contributed by atoms with Gasteiger partial charge in [-0.1, -0.05) is 48.2 Å². The van der Waals surface area contributed by atoms with E-state index < -0.39 is 5.97 Å². The van der Waals surface area contributed by atoms with Gasteiger partial charge < -0.3 is 15.0 Å². The van der Waals surface area contributed by atoms with Crippen molar-refractivity contribution in [3.8, 4) is 11.1 Å². The highest BCUT2D eigenvalue weighted by atomic mass is 32.2. The topological polar surface area (TPSA) is 84.1 Å². The van der Waals surface area contributed by atoms with Crippen LogP contribution in [0.15, 0.2) is 53.7 Å². The molecule has 2 heterocycles.